The first kappa shape index (κ1) is 32.8. The van der Waals surface area contributed by atoms with Gasteiger partial charge in [0.05, 0.1) is 13.2 Å². The Hall–Kier alpha value is -0.840. The molecule has 2 rings (SSSR count). The number of hydrogen-bond donors (Lipinski definition) is 2. The molecule has 0 saturated heterocycles. The summed E-state index contributed by atoms with van der Waals surface area (Å²) < 4.78 is 26.9. The summed E-state index contributed by atoms with van der Waals surface area (Å²) in [6.07, 6.45) is -0.718. The van der Waals surface area contributed by atoms with Crippen LogP contribution in [0.3, 0.4) is 0 Å². The Bertz CT molecular complexity index is 477. The van der Waals surface area contributed by atoms with Gasteiger partial charge >= 0.3 is 25.1 Å². The average molecular weight is 468 g/mol. The van der Waals surface area contributed by atoms with E-state index in [1.807, 2.05) is 71.9 Å². The van der Waals surface area contributed by atoms with Crippen molar-refractivity contribution in [2.24, 2.45) is 0 Å². The number of aliphatic hydroxyl groups excluding tert-OH is 2. The lowest BCUT2D eigenvalue weighted by Gasteiger charge is -2.01. The summed E-state index contributed by atoms with van der Waals surface area (Å²) in [5, 5.41) is 16.6. The van der Waals surface area contributed by atoms with Crippen LogP contribution >= 0.6 is 25.1 Å². The van der Waals surface area contributed by atoms with E-state index in [1.165, 1.54) is 7.11 Å². The number of rotatable bonds is 7. The Labute approximate surface area is 180 Å². The van der Waals surface area contributed by atoms with Gasteiger partial charge in [-0.3, -0.25) is 0 Å². The van der Waals surface area contributed by atoms with Crippen LogP contribution in [0, 0.1) is 0 Å². The molecule has 29 heavy (non-hydrogen) atoms. The quantitative estimate of drug-likeness (QED) is 0.570. The fourth-order valence-electron chi connectivity index (χ4n) is 1.20. The van der Waals surface area contributed by atoms with Gasteiger partial charge in [0.25, 0.3) is 0 Å². The van der Waals surface area contributed by atoms with Crippen molar-refractivity contribution in [1.29, 1.82) is 0 Å². The van der Waals surface area contributed by atoms with Crippen LogP contribution in [-0.2, 0) is 9.47 Å². The monoisotopic (exact) mass is 468 g/mol. The van der Waals surface area contributed by atoms with Crippen LogP contribution in [-0.4, -0.2) is 63.4 Å². The molecule has 8 nitrogen and oxygen atoms in total. The summed E-state index contributed by atoms with van der Waals surface area (Å²) in [5.41, 5.74) is 0. The van der Waals surface area contributed by atoms with Gasteiger partial charge in [0.2, 0.25) is 0 Å². The van der Waals surface area contributed by atoms with Gasteiger partial charge in [-0.15, -0.1) is 0 Å². The van der Waals surface area contributed by atoms with E-state index in [4.69, 9.17) is 19.5 Å². The normalized spacial score (nSPS) is 10.7. The molecule has 0 fully saturated rings. The van der Waals surface area contributed by atoms with E-state index < -0.39 is 14.2 Å². The molecule has 0 saturated carbocycles. The maximum absolute atomic E-state index is 8.48. The first-order valence-corrected chi connectivity index (χ1v) is 12.3. The molecule has 0 aliphatic heterocycles. The van der Waals surface area contributed by atoms with Crippen LogP contribution in [0.2, 0.25) is 0 Å². The van der Waals surface area contributed by atoms with Crippen LogP contribution in [0.4, 0.5) is 0 Å². The second-order valence-electron chi connectivity index (χ2n) is 4.18. The standard InChI is InChI=1S/C6H5N3OP3.C4H10O3.C4H10O.2C2H6/c1-2-4-6(5-3-1)10-13-8-11-7-12-9-13;1-7-3-4(6)2-5;1-3-5-4-2;2*1-2/h1-5H;4-6H,2-3H2,1H3;3-4H2,1-2H3;2*1-2H3/q+1;;;;. The molecule has 1 aromatic carbocycles. The van der Waals surface area contributed by atoms with Crippen molar-refractivity contribution in [3.8, 4) is 5.75 Å². The van der Waals surface area contributed by atoms with E-state index in [0.29, 0.717) is 0 Å². The molecule has 0 aliphatic carbocycles. The Morgan fingerprint density at radius 1 is 1.00 bits per heavy atom. The lowest BCUT2D eigenvalue weighted by Crippen LogP contribution is -2.17. The highest BCUT2D eigenvalue weighted by atomic mass is 31.2. The molecular formula is C18H37N3O5P3+. The number of hydrogen-bond acceptors (Lipinski definition) is 8. The van der Waals surface area contributed by atoms with Crippen molar-refractivity contribution >= 4 is 25.1 Å². The maximum Gasteiger partial charge on any atom is 0.414 e. The Kier molecular flexibility index (Phi) is 33.2. The summed E-state index contributed by atoms with van der Waals surface area (Å²) >= 11 is 0. The molecule has 1 atom stereocenters. The molecule has 168 valence electrons. The molecule has 1 aromatic heterocycles. The minimum Gasteiger partial charge on any atom is -0.394 e. The molecule has 0 bridgehead atoms. The van der Waals surface area contributed by atoms with Gasteiger partial charge in [0.15, 0.2) is 5.75 Å². The number of aromatic nitrogens is 3. The third kappa shape index (κ3) is 25.1. The van der Waals surface area contributed by atoms with Crippen LogP contribution in [0.5, 0.6) is 5.75 Å². The predicted octanol–water partition coefficient (Wildman–Crippen LogP) is 5.22. The van der Waals surface area contributed by atoms with Crippen molar-refractivity contribution in [3.05, 3.63) is 30.3 Å². The fraction of sp³-hybridized carbons (Fsp3) is 0.667. The Morgan fingerprint density at radius 2 is 1.52 bits per heavy atom. The molecule has 0 aliphatic rings. The number of ether oxygens (including phenoxy) is 2. The van der Waals surface area contributed by atoms with Gasteiger partial charge in [-0.25, -0.2) is 0 Å². The van der Waals surface area contributed by atoms with E-state index in [9.17, 15) is 0 Å². The van der Waals surface area contributed by atoms with Crippen molar-refractivity contribution in [3.63, 3.8) is 0 Å². The van der Waals surface area contributed by atoms with Crippen LogP contribution in [0.25, 0.3) is 0 Å². The highest BCUT2D eigenvalue weighted by Gasteiger charge is 2.05. The predicted molar refractivity (Wildman–Crippen MR) is 124 cm³/mol. The zero-order valence-corrected chi connectivity index (χ0v) is 21.3. The molecule has 1 heterocycles. The van der Waals surface area contributed by atoms with E-state index in [1.54, 1.807) is 0 Å². The lowest BCUT2D eigenvalue weighted by molar-refractivity contribution is 0.0254. The molecule has 11 heteroatoms. The van der Waals surface area contributed by atoms with Gasteiger partial charge in [0, 0.05) is 29.3 Å². The van der Waals surface area contributed by atoms with Crippen LogP contribution < -0.4 is 4.52 Å². The van der Waals surface area contributed by atoms with Gasteiger partial charge in [-0.05, 0) is 30.5 Å². The first-order chi connectivity index (χ1) is 14.2. The minimum absolute atomic E-state index is 0.205. The summed E-state index contributed by atoms with van der Waals surface area (Å²) in [6.45, 7) is 13.6. The molecule has 2 N–H and O–H groups in total. The molecule has 0 radical (unpaired) electrons. The second kappa shape index (κ2) is 29.4. The molecule has 0 amide bonds. The number of benzene rings is 1. The van der Waals surface area contributed by atoms with E-state index in [2.05, 4.69) is 18.3 Å². The van der Waals surface area contributed by atoms with Crippen molar-refractivity contribution in [1.82, 2.24) is 13.5 Å². The topological polar surface area (TPSA) is 107 Å². The molecular weight excluding hydrogens is 431 g/mol. The summed E-state index contributed by atoms with van der Waals surface area (Å²) in [7, 11) is 1.91. The van der Waals surface area contributed by atoms with Crippen LogP contribution in [0.1, 0.15) is 41.5 Å². The Morgan fingerprint density at radius 3 is 1.86 bits per heavy atom. The fourth-order valence-corrected chi connectivity index (χ4v) is 3.89. The highest BCUT2D eigenvalue weighted by molar-refractivity contribution is 7.50. The minimum atomic E-state index is -1.02. The zero-order chi connectivity index (χ0) is 22.8. The van der Waals surface area contributed by atoms with Crippen molar-refractivity contribution in [2.45, 2.75) is 47.6 Å². The van der Waals surface area contributed by atoms with Crippen molar-refractivity contribution < 1.29 is 24.2 Å². The molecule has 2 aromatic rings. The number of nitrogens with zero attached hydrogens (tertiary/aromatic N) is 3. The highest BCUT2D eigenvalue weighted by Crippen LogP contribution is 2.26. The first-order valence-electron chi connectivity index (χ1n) is 9.58. The number of methoxy groups -OCH3 is 1. The van der Waals surface area contributed by atoms with Gasteiger partial charge in [-0.2, -0.15) is 0 Å². The summed E-state index contributed by atoms with van der Waals surface area (Å²) in [5.74, 6) is 0.813. The maximum atomic E-state index is 8.48. The van der Waals surface area contributed by atoms with Gasteiger partial charge in [-0.1, -0.05) is 45.9 Å². The van der Waals surface area contributed by atoms with Crippen LogP contribution in [0.15, 0.2) is 30.3 Å². The second-order valence-corrected chi connectivity index (χ2v) is 7.37. The van der Waals surface area contributed by atoms with E-state index in [-0.39, 0.29) is 13.2 Å². The van der Waals surface area contributed by atoms with Crippen molar-refractivity contribution in [2.75, 3.05) is 33.5 Å². The third-order valence-corrected chi connectivity index (χ3v) is 5.10. The number of aliphatic hydroxyl groups is 2. The van der Waals surface area contributed by atoms with E-state index in [0.717, 1.165) is 36.0 Å². The molecule has 1 unspecified atom stereocenters. The van der Waals surface area contributed by atoms with Gasteiger partial charge < -0.3 is 24.2 Å². The molecule has 0 spiro atoms. The number of para-hydroxylation sites is 1. The van der Waals surface area contributed by atoms with E-state index >= 15 is 0 Å². The Balaban J connectivity index is -0.000000361. The lowest BCUT2D eigenvalue weighted by atomic mass is 10.3. The average Bonchev–Trinajstić information content (AvgIpc) is 2.79. The zero-order valence-electron chi connectivity index (χ0n) is 18.6. The smallest absolute Gasteiger partial charge is 0.394 e. The third-order valence-electron chi connectivity index (χ3n) is 2.22. The SMILES string of the molecule is CC.CC.CCOCC.COCC(O)CO.c1ccc(O[p+]2npnpn2)cc1. The summed E-state index contributed by atoms with van der Waals surface area (Å²) in [6, 6.07) is 9.59. The summed E-state index contributed by atoms with van der Waals surface area (Å²) in [4.78, 5) is 0. The van der Waals surface area contributed by atoms with Gasteiger partial charge in [0.1, 0.15) is 6.10 Å². The largest absolute Gasteiger partial charge is 0.414 e.